The molecular formula is C17H18N2O4. The van der Waals surface area contributed by atoms with Crippen molar-refractivity contribution in [1.82, 2.24) is 10.9 Å². The van der Waals surface area contributed by atoms with Crippen LogP contribution in [0.2, 0.25) is 0 Å². The fraction of sp³-hybridized carbons (Fsp3) is 0.235. The second-order valence-corrected chi connectivity index (χ2v) is 5.03. The van der Waals surface area contributed by atoms with Gasteiger partial charge in [0, 0.05) is 12.1 Å². The highest BCUT2D eigenvalue weighted by Gasteiger charge is 2.35. The first-order valence-electron chi connectivity index (χ1n) is 7.22. The second-order valence-electron chi connectivity index (χ2n) is 5.03. The number of hydrogen-bond acceptors (Lipinski definition) is 6. The molecule has 1 heterocycles. The van der Waals surface area contributed by atoms with Crippen molar-refractivity contribution in [2.24, 2.45) is 0 Å². The van der Waals surface area contributed by atoms with E-state index in [1.807, 2.05) is 30.3 Å². The summed E-state index contributed by atoms with van der Waals surface area (Å²) in [5.74, 6) is 0.457. The average molecular weight is 314 g/mol. The number of rotatable bonds is 6. The minimum atomic E-state index is -0.569. The van der Waals surface area contributed by atoms with Crippen LogP contribution in [-0.2, 0) is 11.3 Å². The average Bonchev–Trinajstić information content (AvgIpc) is 2.91. The van der Waals surface area contributed by atoms with Crippen LogP contribution in [-0.4, -0.2) is 20.2 Å². The molecule has 1 unspecified atom stereocenters. The Kier molecular flexibility index (Phi) is 4.45. The lowest BCUT2D eigenvalue weighted by atomic mass is 10.1. The Bertz CT molecular complexity index is 703. The van der Waals surface area contributed by atoms with E-state index in [2.05, 4.69) is 10.9 Å². The molecule has 2 aromatic carbocycles. The van der Waals surface area contributed by atoms with Gasteiger partial charge in [0.2, 0.25) is 0 Å². The number of ether oxygens (including phenoxy) is 3. The van der Waals surface area contributed by atoms with Crippen molar-refractivity contribution >= 4 is 5.97 Å². The van der Waals surface area contributed by atoms with E-state index >= 15 is 0 Å². The molecule has 0 aromatic heterocycles. The Morgan fingerprint density at radius 3 is 2.57 bits per heavy atom. The van der Waals surface area contributed by atoms with Crippen molar-refractivity contribution in [3.63, 3.8) is 0 Å². The zero-order valence-electron chi connectivity index (χ0n) is 13.0. The molecule has 6 nitrogen and oxygen atoms in total. The van der Waals surface area contributed by atoms with Crippen molar-refractivity contribution < 1.29 is 19.0 Å². The van der Waals surface area contributed by atoms with Crippen molar-refractivity contribution in [3.8, 4) is 11.5 Å². The molecule has 0 saturated carbocycles. The molecule has 2 aromatic rings. The van der Waals surface area contributed by atoms with Gasteiger partial charge in [0.05, 0.1) is 14.2 Å². The van der Waals surface area contributed by atoms with Crippen LogP contribution in [0.15, 0.2) is 42.5 Å². The molecule has 6 heteroatoms. The number of carbonyl (C=O) groups is 1. The molecule has 0 radical (unpaired) electrons. The molecule has 120 valence electrons. The Balaban J connectivity index is 1.74. The first-order valence-corrected chi connectivity index (χ1v) is 7.22. The molecule has 23 heavy (non-hydrogen) atoms. The molecular weight excluding hydrogens is 296 g/mol. The zero-order valence-corrected chi connectivity index (χ0v) is 13.0. The molecule has 0 spiro atoms. The lowest BCUT2D eigenvalue weighted by Crippen LogP contribution is -2.35. The zero-order chi connectivity index (χ0) is 16.2. The highest BCUT2D eigenvalue weighted by atomic mass is 16.6. The van der Waals surface area contributed by atoms with E-state index in [9.17, 15) is 4.79 Å². The van der Waals surface area contributed by atoms with Gasteiger partial charge in [-0.2, -0.15) is 0 Å². The summed E-state index contributed by atoms with van der Waals surface area (Å²) < 4.78 is 15.9. The fourth-order valence-corrected chi connectivity index (χ4v) is 2.55. The third kappa shape index (κ3) is 2.99. The summed E-state index contributed by atoms with van der Waals surface area (Å²) in [5.41, 5.74) is 8.32. The van der Waals surface area contributed by atoms with E-state index in [0.29, 0.717) is 29.2 Å². The maximum atomic E-state index is 12.1. The Morgan fingerprint density at radius 2 is 1.87 bits per heavy atom. The Labute approximate surface area is 134 Å². The minimum absolute atomic E-state index is 0.391. The summed E-state index contributed by atoms with van der Waals surface area (Å²) >= 11 is 0. The van der Waals surface area contributed by atoms with Gasteiger partial charge >= 0.3 is 5.97 Å². The molecule has 0 bridgehead atoms. The number of methoxy groups -OCH3 is 2. The highest BCUT2D eigenvalue weighted by molar-refractivity contribution is 5.98. The standard InChI is InChI=1S/C17H18N2O4/c1-21-13-9-8-12-14(15(13)22-2)17(20)23-16(12)19-18-10-11-6-4-3-5-7-11/h3-9,16,18-19H,10H2,1-2H3. The van der Waals surface area contributed by atoms with E-state index in [-0.39, 0.29) is 0 Å². The van der Waals surface area contributed by atoms with Crippen LogP contribution in [0.25, 0.3) is 0 Å². The summed E-state index contributed by atoms with van der Waals surface area (Å²) in [6, 6.07) is 13.5. The van der Waals surface area contributed by atoms with Gasteiger partial charge in [-0.1, -0.05) is 30.3 Å². The van der Waals surface area contributed by atoms with E-state index in [1.165, 1.54) is 14.2 Å². The van der Waals surface area contributed by atoms with E-state index in [1.54, 1.807) is 12.1 Å². The van der Waals surface area contributed by atoms with Crippen molar-refractivity contribution in [2.75, 3.05) is 14.2 Å². The molecule has 3 rings (SSSR count). The maximum absolute atomic E-state index is 12.1. The number of hydrazine groups is 1. The summed E-state index contributed by atoms with van der Waals surface area (Å²) in [5, 5.41) is 0. The summed E-state index contributed by atoms with van der Waals surface area (Å²) in [7, 11) is 3.03. The topological polar surface area (TPSA) is 68.8 Å². The van der Waals surface area contributed by atoms with Gasteiger partial charge in [0.25, 0.3) is 0 Å². The number of nitrogens with one attached hydrogen (secondary N) is 2. The van der Waals surface area contributed by atoms with Crippen LogP contribution in [0.3, 0.4) is 0 Å². The van der Waals surface area contributed by atoms with Crippen molar-refractivity contribution in [1.29, 1.82) is 0 Å². The number of fused-ring (bicyclic) bond motifs is 1. The summed E-state index contributed by atoms with van der Waals surface area (Å²) in [6.45, 7) is 0.609. The Morgan fingerprint density at radius 1 is 1.09 bits per heavy atom. The first-order chi connectivity index (χ1) is 11.2. The number of carbonyl (C=O) groups excluding carboxylic acids is 1. The van der Waals surface area contributed by atoms with Gasteiger partial charge in [-0.25, -0.2) is 10.2 Å². The van der Waals surface area contributed by atoms with E-state index in [4.69, 9.17) is 14.2 Å². The van der Waals surface area contributed by atoms with Gasteiger partial charge in [0.15, 0.2) is 17.7 Å². The van der Waals surface area contributed by atoms with Crippen LogP contribution in [0.5, 0.6) is 11.5 Å². The third-order valence-corrected chi connectivity index (χ3v) is 3.66. The van der Waals surface area contributed by atoms with Crippen LogP contribution < -0.4 is 20.3 Å². The quantitative estimate of drug-likeness (QED) is 0.629. The molecule has 0 aliphatic carbocycles. The predicted octanol–water partition coefficient (Wildman–Crippen LogP) is 2.17. The molecule has 0 fully saturated rings. The molecule has 2 N–H and O–H groups in total. The predicted molar refractivity (Wildman–Crippen MR) is 84.1 cm³/mol. The van der Waals surface area contributed by atoms with Gasteiger partial charge in [-0.05, 0) is 17.7 Å². The largest absolute Gasteiger partial charge is 0.493 e. The fourth-order valence-electron chi connectivity index (χ4n) is 2.55. The van der Waals surface area contributed by atoms with Crippen molar-refractivity contribution in [3.05, 3.63) is 59.2 Å². The summed E-state index contributed by atoms with van der Waals surface area (Å²) in [4.78, 5) is 12.1. The van der Waals surface area contributed by atoms with Crippen LogP contribution in [0.4, 0.5) is 0 Å². The first kappa shape index (κ1) is 15.3. The second kappa shape index (κ2) is 6.68. The van der Waals surface area contributed by atoms with Gasteiger partial charge in [-0.3, -0.25) is 5.43 Å². The Hall–Kier alpha value is -2.57. The summed E-state index contributed by atoms with van der Waals surface area (Å²) in [6.07, 6.45) is -0.569. The van der Waals surface area contributed by atoms with Gasteiger partial charge in [-0.15, -0.1) is 0 Å². The molecule has 0 saturated heterocycles. The van der Waals surface area contributed by atoms with Gasteiger partial charge in [0.1, 0.15) is 5.56 Å². The molecule has 1 aliphatic heterocycles. The lowest BCUT2D eigenvalue weighted by molar-refractivity contribution is 0.0264. The number of esters is 1. The number of benzene rings is 2. The van der Waals surface area contributed by atoms with E-state index < -0.39 is 12.2 Å². The SMILES string of the molecule is COc1ccc2c(c1OC)C(=O)OC2NNCc1ccccc1. The van der Waals surface area contributed by atoms with E-state index in [0.717, 1.165) is 5.56 Å². The van der Waals surface area contributed by atoms with Gasteiger partial charge < -0.3 is 14.2 Å². The minimum Gasteiger partial charge on any atom is -0.493 e. The van der Waals surface area contributed by atoms with Crippen molar-refractivity contribution in [2.45, 2.75) is 12.8 Å². The number of hydrogen-bond donors (Lipinski definition) is 2. The molecule has 1 atom stereocenters. The smallest absolute Gasteiger partial charge is 0.344 e. The van der Waals surface area contributed by atoms with Crippen LogP contribution >= 0.6 is 0 Å². The number of cyclic esters (lactones) is 1. The molecule has 1 aliphatic rings. The normalized spacial score (nSPS) is 15.9. The van der Waals surface area contributed by atoms with Crippen LogP contribution in [0.1, 0.15) is 27.7 Å². The molecule has 0 amide bonds. The van der Waals surface area contributed by atoms with Crippen LogP contribution in [0, 0.1) is 0 Å². The third-order valence-electron chi connectivity index (χ3n) is 3.66. The lowest BCUT2D eigenvalue weighted by Gasteiger charge is -2.14. The maximum Gasteiger partial charge on any atom is 0.344 e. The highest BCUT2D eigenvalue weighted by Crippen LogP contribution is 2.40. The monoisotopic (exact) mass is 314 g/mol.